The fourth-order valence-corrected chi connectivity index (χ4v) is 6.02. The van der Waals surface area contributed by atoms with Gasteiger partial charge in [0.2, 0.25) is 5.95 Å². The maximum atomic E-state index is 13.0. The van der Waals surface area contributed by atoms with Gasteiger partial charge in [-0.3, -0.25) is 4.79 Å². The number of hydrogen-bond acceptors (Lipinski definition) is 5. The van der Waals surface area contributed by atoms with Crippen LogP contribution in [0.15, 0.2) is 6.20 Å². The smallest absolute Gasteiger partial charge is 0.254 e. The number of carbonyl (C=O) groups is 1. The van der Waals surface area contributed by atoms with Gasteiger partial charge in [-0.2, -0.15) is 0 Å². The standard InChI is InChI=1S/C19H26N4O2/c20-18-21-9-14(16(23-18)11-2-1-3-11)17(24)22-15-12-4-10-5-13(15)8-19(25,6-10)7-12/h9-13,15,25H,1-8H2,(H,22,24)(H2,20,21,23)/t10?,12?,13?,15-,19+. The van der Waals surface area contributed by atoms with E-state index >= 15 is 0 Å². The lowest BCUT2D eigenvalue weighted by molar-refractivity contribution is -0.136. The number of hydrogen-bond donors (Lipinski definition) is 3. The lowest BCUT2D eigenvalue weighted by Gasteiger charge is -2.58. The molecule has 0 radical (unpaired) electrons. The molecule has 4 bridgehead atoms. The molecule has 0 spiro atoms. The van der Waals surface area contributed by atoms with E-state index < -0.39 is 5.60 Å². The molecule has 1 heterocycles. The molecule has 6 heteroatoms. The highest BCUT2D eigenvalue weighted by Gasteiger charge is 2.55. The molecule has 134 valence electrons. The van der Waals surface area contributed by atoms with Crippen molar-refractivity contribution >= 4 is 11.9 Å². The second-order valence-corrected chi connectivity index (χ2v) is 8.85. The van der Waals surface area contributed by atoms with Gasteiger partial charge in [0.15, 0.2) is 0 Å². The first-order valence-electron chi connectivity index (χ1n) is 9.66. The second-order valence-electron chi connectivity index (χ2n) is 8.85. The fourth-order valence-electron chi connectivity index (χ4n) is 6.02. The van der Waals surface area contributed by atoms with E-state index in [0.29, 0.717) is 29.2 Å². The van der Waals surface area contributed by atoms with Gasteiger partial charge in [0.1, 0.15) is 0 Å². The van der Waals surface area contributed by atoms with E-state index in [-0.39, 0.29) is 17.9 Å². The van der Waals surface area contributed by atoms with Crippen LogP contribution in [0.2, 0.25) is 0 Å². The normalized spacial score (nSPS) is 39.2. The van der Waals surface area contributed by atoms with Crippen molar-refractivity contribution in [2.24, 2.45) is 17.8 Å². The molecule has 0 aliphatic heterocycles. The lowest BCUT2D eigenvalue weighted by Crippen LogP contribution is -2.61. The SMILES string of the molecule is Nc1ncc(C(=O)N[C@H]2C3CC4CC2C[C@@](O)(C4)C3)c(C2CCC2)n1. The Morgan fingerprint density at radius 2 is 1.96 bits per heavy atom. The Kier molecular flexibility index (Phi) is 3.36. The molecule has 5 saturated carbocycles. The fraction of sp³-hybridized carbons (Fsp3) is 0.737. The third kappa shape index (κ3) is 2.53. The Hall–Kier alpha value is -1.69. The van der Waals surface area contributed by atoms with Crippen LogP contribution in [0.25, 0.3) is 0 Å². The molecule has 0 saturated heterocycles. The van der Waals surface area contributed by atoms with E-state index in [1.165, 1.54) is 6.42 Å². The van der Waals surface area contributed by atoms with E-state index in [0.717, 1.165) is 50.6 Å². The summed E-state index contributed by atoms with van der Waals surface area (Å²) in [6.45, 7) is 0. The molecule has 2 unspecified atom stereocenters. The van der Waals surface area contributed by atoms with Gasteiger partial charge < -0.3 is 16.2 Å². The van der Waals surface area contributed by atoms with Crippen molar-refractivity contribution in [1.29, 1.82) is 0 Å². The van der Waals surface area contributed by atoms with Gasteiger partial charge >= 0.3 is 0 Å². The first kappa shape index (κ1) is 15.6. The second kappa shape index (κ2) is 5.40. The van der Waals surface area contributed by atoms with Gasteiger partial charge in [0.25, 0.3) is 5.91 Å². The molecule has 1 aromatic heterocycles. The number of aromatic nitrogens is 2. The summed E-state index contributed by atoms with van der Waals surface area (Å²) in [5.74, 6) is 1.97. The highest BCUT2D eigenvalue weighted by molar-refractivity contribution is 5.95. The Labute approximate surface area is 147 Å². The number of nitrogens with one attached hydrogen (secondary N) is 1. The Morgan fingerprint density at radius 3 is 2.56 bits per heavy atom. The summed E-state index contributed by atoms with van der Waals surface area (Å²) in [6.07, 6.45) is 9.81. The van der Waals surface area contributed by atoms with Crippen LogP contribution in [0.3, 0.4) is 0 Å². The highest BCUT2D eigenvalue weighted by Crippen LogP contribution is 2.55. The van der Waals surface area contributed by atoms with Crippen molar-refractivity contribution in [1.82, 2.24) is 15.3 Å². The molecule has 2 atom stereocenters. The largest absolute Gasteiger partial charge is 0.390 e. The number of rotatable bonds is 3. The molecule has 5 aliphatic carbocycles. The minimum atomic E-state index is -0.473. The van der Waals surface area contributed by atoms with E-state index in [2.05, 4.69) is 15.3 Å². The molecule has 4 N–H and O–H groups in total. The predicted octanol–water partition coefficient (Wildman–Crippen LogP) is 2.00. The number of carbonyl (C=O) groups excluding carboxylic acids is 1. The molecule has 1 amide bonds. The summed E-state index contributed by atoms with van der Waals surface area (Å²) in [4.78, 5) is 21.4. The summed E-state index contributed by atoms with van der Waals surface area (Å²) in [5, 5.41) is 14.0. The summed E-state index contributed by atoms with van der Waals surface area (Å²) in [6, 6.07) is 0.177. The number of nitrogen functional groups attached to an aromatic ring is 1. The molecule has 6 nitrogen and oxygen atoms in total. The predicted molar refractivity (Wildman–Crippen MR) is 92.8 cm³/mol. The molecule has 5 aliphatic rings. The van der Waals surface area contributed by atoms with Crippen LogP contribution < -0.4 is 11.1 Å². The maximum absolute atomic E-state index is 13.0. The van der Waals surface area contributed by atoms with Gasteiger partial charge in [0.05, 0.1) is 16.9 Å². The third-order valence-electron chi connectivity index (χ3n) is 7.11. The van der Waals surface area contributed by atoms with Gasteiger partial charge in [-0.15, -0.1) is 0 Å². The van der Waals surface area contributed by atoms with Gasteiger partial charge in [0, 0.05) is 18.2 Å². The van der Waals surface area contributed by atoms with E-state index in [4.69, 9.17) is 5.73 Å². The van der Waals surface area contributed by atoms with Crippen molar-refractivity contribution in [2.75, 3.05) is 5.73 Å². The zero-order valence-corrected chi connectivity index (χ0v) is 14.4. The molecule has 0 aromatic carbocycles. The van der Waals surface area contributed by atoms with E-state index in [1.54, 1.807) is 6.20 Å². The van der Waals surface area contributed by atoms with Crippen LogP contribution >= 0.6 is 0 Å². The van der Waals surface area contributed by atoms with Crippen molar-refractivity contribution in [2.45, 2.75) is 68.9 Å². The van der Waals surface area contributed by atoms with E-state index in [9.17, 15) is 9.90 Å². The van der Waals surface area contributed by atoms with Crippen LogP contribution in [0.4, 0.5) is 5.95 Å². The summed E-state index contributed by atoms with van der Waals surface area (Å²) < 4.78 is 0. The molecule has 6 rings (SSSR count). The van der Waals surface area contributed by atoms with Gasteiger partial charge in [-0.05, 0) is 62.7 Å². The zero-order valence-electron chi connectivity index (χ0n) is 14.4. The number of amides is 1. The maximum Gasteiger partial charge on any atom is 0.254 e. The Balaban J connectivity index is 1.38. The first-order chi connectivity index (χ1) is 12.0. The van der Waals surface area contributed by atoms with Crippen LogP contribution in [0.1, 0.15) is 73.3 Å². The van der Waals surface area contributed by atoms with Crippen LogP contribution in [0.5, 0.6) is 0 Å². The molecular formula is C19H26N4O2. The Bertz CT molecular complexity index is 701. The number of nitrogens with zero attached hydrogens (tertiary/aromatic N) is 2. The third-order valence-corrected chi connectivity index (χ3v) is 7.11. The minimum Gasteiger partial charge on any atom is -0.390 e. The van der Waals surface area contributed by atoms with Crippen LogP contribution in [-0.4, -0.2) is 32.6 Å². The average molecular weight is 342 g/mol. The topological polar surface area (TPSA) is 101 Å². The summed E-state index contributed by atoms with van der Waals surface area (Å²) >= 11 is 0. The van der Waals surface area contributed by atoms with Crippen molar-refractivity contribution in [3.63, 3.8) is 0 Å². The van der Waals surface area contributed by atoms with Gasteiger partial charge in [-0.1, -0.05) is 6.42 Å². The molecule has 1 aromatic rings. The number of nitrogens with two attached hydrogens (primary N) is 1. The summed E-state index contributed by atoms with van der Waals surface area (Å²) in [7, 11) is 0. The van der Waals surface area contributed by atoms with Gasteiger partial charge in [-0.25, -0.2) is 9.97 Å². The highest BCUT2D eigenvalue weighted by atomic mass is 16.3. The zero-order chi connectivity index (χ0) is 17.2. The molecular weight excluding hydrogens is 316 g/mol. The first-order valence-corrected chi connectivity index (χ1v) is 9.66. The molecule has 25 heavy (non-hydrogen) atoms. The van der Waals surface area contributed by atoms with Crippen molar-refractivity contribution in [3.8, 4) is 0 Å². The van der Waals surface area contributed by atoms with Crippen molar-refractivity contribution in [3.05, 3.63) is 17.5 Å². The number of aliphatic hydroxyl groups is 1. The monoisotopic (exact) mass is 342 g/mol. The molecule has 5 fully saturated rings. The van der Waals surface area contributed by atoms with Crippen LogP contribution in [-0.2, 0) is 0 Å². The lowest BCUT2D eigenvalue weighted by atomic mass is 9.52. The summed E-state index contributed by atoms with van der Waals surface area (Å²) in [5.41, 5.74) is 6.69. The quantitative estimate of drug-likeness (QED) is 0.780. The van der Waals surface area contributed by atoms with Crippen LogP contribution in [0, 0.1) is 17.8 Å². The van der Waals surface area contributed by atoms with E-state index in [1.807, 2.05) is 0 Å². The minimum absolute atomic E-state index is 0.0636. The number of anilines is 1. The Morgan fingerprint density at radius 1 is 1.24 bits per heavy atom. The average Bonchev–Trinajstić information content (AvgIpc) is 2.47. The van der Waals surface area contributed by atoms with Crippen molar-refractivity contribution < 1.29 is 9.90 Å².